The summed E-state index contributed by atoms with van der Waals surface area (Å²) in [6.07, 6.45) is 0. The van der Waals surface area contributed by atoms with Gasteiger partial charge >= 0.3 is 0 Å². The highest BCUT2D eigenvalue weighted by Crippen LogP contribution is 2.26. The van der Waals surface area contributed by atoms with Crippen LogP contribution in [0, 0.1) is 17.0 Å². The topological polar surface area (TPSA) is 90.4 Å². The highest BCUT2D eigenvalue weighted by atomic mass is 16.6. The van der Waals surface area contributed by atoms with Gasteiger partial charge in [-0.2, -0.15) is 0 Å². The van der Waals surface area contributed by atoms with E-state index in [0.717, 1.165) is 5.69 Å². The summed E-state index contributed by atoms with van der Waals surface area (Å²) in [5.41, 5.74) is 1.29. The second-order valence-corrected chi connectivity index (χ2v) is 3.96. The summed E-state index contributed by atoms with van der Waals surface area (Å²) < 4.78 is 9.96. The SMILES string of the molecule is COc1cc(NCc2cc(C)on2)cc([N+](=O)[O-])c1. The predicted octanol–water partition coefficient (Wildman–Crippen LogP) is 2.51. The van der Waals surface area contributed by atoms with Crippen LogP contribution in [0.25, 0.3) is 0 Å². The van der Waals surface area contributed by atoms with Gasteiger partial charge < -0.3 is 14.6 Å². The maximum atomic E-state index is 10.8. The summed E-state index contributed by atoms with van der Waals surface area (Å²) in [6.45, 7) is 2.22. The molecule has 1 N–H and O–H groups in total. The summed E-state index contributed by atoms with van der Waals surface area (Å²) in [4.78, 5) is 10.3. The van der Waals surface area contributed by atoms with Gasteiger partial charge in [0.15, 0.2) is 0 Å². The molecular weight excluding hydrogens is 250 g/mol. The molecule has 1 aromatic carbocycles. The number of rotatable bonds is 5. The van der Waals surface area contributed by atoms with Gasteiger partial charge in [0.25, 0.3) is 5.69 Å². The van der Waals surface area contributed by atoms with Crippen LogP contribution in [-0.4, -0.2) is 17.2 Å². The zero-order valence-corrected chi connectivity index (χ0v) is 10.5. The number of ether oxygens (including phenoxy) is 1. The zero-order chi connectivity index (χ0) is 13.8. The Labute approximate surface area is 109 Å². The molecule has 0 atom stereocenters. The van der Waals surface area contributed by atoms with Gasteiger partial charge in [-0.05, 0) is 6.92 Å². The van der Waals surface area contributed by atoms with Crippen LogP contribution in [0.5, 0.6) is 5.75 Å². The standard InChI is InChI=1S/C12H13N3O4/c1-8-3-10(14-19-8)7-13-9-4-11(15(16)17)6-12(5-9)18-2/h3-6,13H,7H2,1-2H3. The fourth-order valence-corrected chi connectivity index (χ4v) is 1.60. The van der Waals surface area contributed by atoms with E-state index in [-0.39, 0.29) is 5.69 Å². The van der Waals surface area contributed by atoms with Crippen molar-refractivity contribution >= 4 is 11.4 Å². The number of hydrogen-bond acceptors (Lipinski definition) is 6. The number of aromatic nitrogens is 1. The van der Waals surface area contributed by atoms with E-state index in [1.54, 1.807) is 19.1 Å². The van der Waals surface area contributed by atoms with Gasteiger partial charge in [0.1, 0.15) is 17.2 Å². The number of non-ortho nitro benzene ring substituents is 1. The average molecular weight is 263 g/mol. The molecule has 7 nitrogen and oxygen atoms in total. The largest absolute Gasteiger partial charge is 0.496 e. The fourth-order valence-electron chi connectivity index (χ4n) is 1.60. The molecule has 0 aliphatic rings. The number of nitro benzene ring substituents is 1. The molecule has 2 rings (SSSR count). The summed E-state index contributed by atoms with van der Waals surface area (Å²) >= 11 is 0. The summed E-state index contributed by atoms with van der Waals surface area (Å²) in [5.74, 6) is 1.14. The van der Waals surface area contributed by atoms with E-state index in [2.05, 4.69) is 10.5 Å². The van der Waals surface area contributed by atoms with Crippen LogP contribution in [-0.2, 0) is 6.54 Å². The van der Waals surface area contributed by atoms with Crippen molar-refractivity contribution in [3.63, 3.8) is 0 Å². The second kappa shape index (κ2) is 5.38. The molecule has 1 aromatic heterocycles. The lowest BCUT2D eigenvalue weighted by atomic mass is 10.2. The maximum Gasteiger partial charge on any atom is 0.275 e. The molecule has 0 amide bonds. The Kier molecular flexibility index (Phi) is 3.65. The normalized spacial score (nSPS) is 10.2. The van der Waals surface area contributed by atoms with Gasteiger partial charge in [-0.1, -0.05) is 5.16 Å². The molecule has 7 heteroatoms. The molecule has 0 saturated heterocycles. The molecule has 0 saturated carbocycles. The summed E-state index contributed by atoms with van der Waals surface area (Å²) in [5, 5.41) is 17.7. The zero-order valence-electron chi connectivity index (χ0n) is 10.5. The molecule has 0 fully saturated rings. The molecule has 19 heavy (non-hydrogen) atoms. The van der Waals surface area contributed by atoms with Gasteiger partial charge in [0, 0.05) is 23.9 Å². The summed E-state index contributed by atoms with van der Waals surface area (Å²) in [7, 11) is 1.46. The Bertz CT molecular complexity index is 594. The first-order valence-electron chi connectivity index (χ1n) is 5.58. The van der Waals surface area contributed by atoms with Crippen molar-refractivity contribution < 1.29 is 14.2 Å². The lowest BCUT2D eigenvalue weighted by molar-refractivity contribution is -0.384. The summed E-state index contributed by atoms with van der Waals surface area (Å²) in [6, 6.07) is 6.28. The Balaban J connectivity index is 2.15. The number of nitrogens with zero attached hydrogens (tertiary/aromatic N) is 2. The van der Waals surface area contributed by atoms with E-state index in [1.165, 1.54) is 19.2 Å². The average Bonchev–Trinajstić information content (AvgIpc) is 2.81. The van der Waals surface area contributed by atoms with Crippen molar-refractivity contribution in [3.05, 3.63) is 45.8 Å². The molecule has 0 aliphatic carbocycles. The van der Waals surface area contributed by atoms with E-state index in [9.17, 15) is 10.1 Å². The number of aryl methyl sites for hydroxylation is 1. The highest BCUT2D eigenvalue weighted by Gasteiger charge is 2.10. The number of anilines is 1. The van der Waals surface area contributed by atoms with Crippen molar-refractivity contribution in [2.24, 2.45) is 0 Å². The molecule has 0 spiro atoms. The van der Waals surface area contributed by atoms with Crippen LogP contribution in [0.3, 0.4) is 0 Å². The van der Waals surface area contributed by atoms with Crippen LogP contribution in [0.1, 0.15) is 11.5 Å². The third-order valence-corrected chi connectivity index (χ3v) is 2.49. The second-order valence-electron chi connectivity index (χ2n) is 3.96. The Morgan fingerprint density at radius 1 is 1.42 bits per heavy atom. The minimum absolute atomic E-state index is 0.0295. The van der Waals surface area contributed by atoms with E-state index in [1.807, 2.05) is 0 Å². The third kappa shape index (κ3) is 3.21. The molecule has 0 aliphatic heterocycles. The first kappa shape index (κ1) is 12.9. The monoisotopic (exact) mass is 263 g/mol. The number of nitrogens with one attached hydrogen (secondary N) is 1. The van der Waals surface area contributed by atoms with Crippen LogP contribution in [0.2, 0.25) is 0 Å². The Morgan fingerprint density at radius 3 is 2.79 bits per heavy atom. The number of benzene rings is 1. The fraction of sp³-hybridized carbons (Fsp3) is 0.250. The van der Waals surface area contributed by atoms with E-state index in [4.69, 9.17) is 9.26 Å². The Hall–Kier alpha value is -2.57. The Morgan fingerprint density at radius 2 is 2.21 bits per heavy atom. The number of methoxy groups -OCH3 is 1. The van der Waals surface area contributed by atoms with Gasteiger partial charge in [0.2, 0.25) is 0 Å². The molecule has 0 bridgehead atoms. The van der Waals surface area contributed by atoms with Crippen molar-refractivity contribution in [3.8, 4) is 5.75 Å². The lowest BCUT2D eigenvalue weighted by Gasteiger charge is -2.06. The molecule has 100 valence electrons. The molecular formula is C12H13N3O4. The van der Waals surface area contributed by atoms with Crippen LogP contribution < -0.4 is 10.1 Å². The molecule has 0 radical (unpaired) electrons. The third-order valence-electron chi connectivity index (χ3n) is 2.49. The quantitative estimate of drug-likeness (QED) is 0.658. The van der Waals surface area contributed by atoms with Gasteiger partial charge in [-0.25, -0.2) is 0 Å². The number of hydrogen-bond donors (Lipinski definition) is 1. The molecule has 1 heterocycles. The van der Waals surface area contributed by atoms with Crippen LogP contribution in [0.15, 0.2) is 28.8 Å². The van der Waals surface area contributed by atoms with E-state index in [0.29, 0.717) is 23.7 Å². The van der Waals surface area contributed by atoms with Crippen LogP contribution in [0.4, 0.5) is 11.4 Å². The van der Waals surface area contributed by atoms with Gasteiger partial charge in [-0.3, -0.25) is 10.1 Å². The lowest BCUT2D eigenvalue weighted by Crippen LogP contribution is -2.01. The van der Waals surface area contributed by atoms with E-state index < -0.39 is 4.92 Å². The minimum Gasteiger partial charge on any atom is -0.496 e. The van der Waals surface area contributed by atoms with Crippen molar-refractivity contribution in [1.82, 2.24) is 5.16 Å². The first-order chi connectivity index (χ1) is 9.08. The van der Waals surface area contributed by atoms with E-state index >= 15 is 0 Å². The first-order valence-corrected chi connectivity index (χ1v) is 5.58. The predicted molar refractivity (Wildman–Crippen MR) is 68.2 cm³/mol. The van der Waals surface area contributed by atoms with Gasteiger partial charge in [0.05, 0.1) is 24.6 Å². The van der Waals surface area contributed by atoms with Crippen molar-refractivity contribution in [2.75, 3.05) is 12.4 Å². The molecule has 0 unspecified atom stereocenters. The van der Waals surface area contributed by atoms with Crippen molar-refractivity contribution in [1.29, 1.82) is 0 Å². The van der Waals surface area contributed by atoms with Gasteiger partial charge in [-0.15, -0.1) is 0 Å². The molecule has 2 aromatic rings. The van der Waals surface area contributed by atoms with Crippen LogP contribution >= 0.6 is 0 Å². The minimum atomic E-state index is -0.464. The highest BCUT2D eigenvalue weighted by molar-refractivity contribution is 5.56. The smallest absolute Gasteiger partial charge is 0.275 e. The number of nitro groups is 1. The van der Waals surface area contributed by atoms with Crippen molar-refractivity contribution in [2.45, 2.75) is 13.5 Å². The maximum absolute atomic E-state index is 10.8.